The van der Waals surface area contributed by atoms with E-state index in [1.54, 1.807) is 12.4 Å². The molecule has 0 saturated carbocycles. The van der Waals surface area contributed by atoms with Gasteiger partial charge in [0.05, 0.1) is 32.3 Å². The number of halogens is 3. The van der Waals surface area contributed by atoms with Crippen molar-refractivity contribution in [3.05, 3.63) is 18.5 Å². The van der Waals surface area contributed by atoms with Crippen LogP contribution in [0.1, 0.15) is 6.42 Å². The summed E-state index contributed by atoms with van der Waals surface area (Å²) < 4.78 is 37.4. The molecule has 3 saturated heterocycles. The first-order valence-electron chi connectivity index (χ1n) is 9.11. The Labute approximate surface area is 164 Å². The van der Waals surface area contributed by atoms with Crippen LogP contribution in [0.15, 0.2) is 18.5 Å². The lowest BCUT2D eigenvalue weighted by molar-refractivity contribution is -0.192. The lowest BCUT2D eigenvalue weighted by Gasteiger charge is -2.33. The van der Waals surface area contributed by atoms with E-state index in [2.05, 4.69) is 14.9 Å². The first-order chi connectivity index (χ1) is 13.8. The average Bonchev–Trinajstić information content (AvgIpc) is 3.37. The van der Waals surface area contributed by atoms with Crippen molar-refractivity contribution in [2.45, 2.75) is 12.6 Å². The molecule has 3 atom stereocenters. The number of aliphatic carboxylic acids is 1. The molecular weight excluding hydrogens is 397 g/mol. The largest absolute Gasteiger partial charge is 0.490 e. The molecule has 0 aromatic carbocycles. The Morgan fingerprint density at radius 3 is 2.45 bits per heavy atom. The summed E-state index contributed by atoms with van der Waals surface area (Å²) in [6.07, 6.45) is -0.666. The molecule has 0 spiro atoms. The third-order valence-corrected chi connectivity index (χ3v) is 5.03. The molecule has 1 aromatic rings. The fourth-order valence-electron chi connectivity index (χ4n) is 3.68. The van der Waals surface area contributed by atoms with Crippen LogP contribution in [0.25, 0.3) is 0 Å². The molecule has 4 heterocycles. The van der Waals surface area contributed by atoms with Crippen LogP contribution in [-0.2, 0) is 19.2 Å². The number of carbonyl (C=O) groups is 2. The minimum Gasteiger partial charge on any atom is -0.475 e. The van der Waals surface area contributed by atoms with Gasteiger partial charge in [-0.15, -0.1) is 0 Å². The van der Waals surface area contributed by atoms with E-state index in [-0.39, 0.29) is 17.7 Å². The molecular formula is C17H21F3N4O5. The minimum atomic E-state index is -5.08. The van der Waals surface area contributed by atoms with Gasteiger partial charge < -0.3 is 14.7 Å². The predicted octanol–water partition coefficient (Wildman–Crippen LogP) is 0.973. The average molecular weight is 418 g/mol. The first-order valence-corrected chi connectivity index (χ1v) is 9.11. The topological polar surface area (TPSA) is 105 Å². The molecule has 1 amide bonds. The molecule has 4 rings (SSSR count). The normalized spacial score (nSPS) is 26.5. The number of anilines is 1. The maximum Gasteiger partial charge on any atom is 0.490 e. The standard InChI is InChI=1S/C15H20N4O3.C2HF3O2/c20-14(19-5-2-6-22-19)13-10-21-9-11-7-18(8-12(11)13)15-16-3-1-4-17-15;3-2(4,5)1(6)7/h1,3-4,11-13H,2,5-10H2;(H,6,7)/t11-,12-,13-;/m1./s1. The second-order valence-corrected chi connectivity index (χ2v) is 6.95. The van der Waals surface area contributed by atoms with Crippen molar-refractivity contribution in [2.24, 2.45) is 17.8 Å². The lowest BCUT2D eigenvalue weighted by Crippen LogP contribution is -2.45. The molecule has 160 valence electrons. The Morgan fingerprint density at radius 1 is 1.17 bits per heavy atom. The highest BCUT2D eigenvalue weighted by Crippen LogP contribution is 2.36. The van der Waals surface area contributed by atoms with Crippen molar-refractivity contribution in [1.29, 1.82) is 0 Å². The van der Waals surface area contributed by atoms with Crippen molar-refractivity contribution < 1.29 is 37.4 Å². The van der Waals surface area contributed by atoms with Crippen molar-refractivity contribution >= 4 is 17.8 Å². The number of hydrogen-bond donors (Lipinski definition) is 1. The summed E-state index contributed by atoms with van der Waals surface area (Å²) in [4.78, 5) is 37.8. The number of hydroxylamine groups is 2. The number of ether oxygens (including phenoxy) is 1. The Kier molecular flexibility index (Phi) is 6.52. The van der Waals surface area contributed by atoms with Crippen LogP contribution in [0.5, 0.6) is 0 Å². The van der Waals surface area contributed by atoms with Gasteiger partial charge in [-0.1, -0.05) is 0 Å². The smallest absolute Gasteiger partial charge is 0.475 e. The van der Waals surface area contributed by atoms with E-state index >= 15 is 0 Å². The number of carboxylic acids is 1. The quantitative estimate of drug-likeness (QED) is 0.758. The molecule has 29 heavy (non-hydrogen) atoms. The number of carbonyl (C=O) groups excluding carboxylic acids is 1. The maximum absolute atomic E-state index is 12.7. The second-order valence-electron chi connectivity index (χ2n) is 6.95. The Morgan fingerprint density at radius 2 is 1.86 bits per heavy atom. The van der Waals surface area contributed by atoms with E-state index in [9.17, 15) is 18.0 Å². The van der Waals surface area contributed by atoms with Gasteiger partial charge in [0, 0.05) is 31.4 Å². The van der Waals surface area contributed by atoms with Crippen LogP contribution in [0.4, 0.5) is 19.1 Å². The van der Waals surface area contributed by atoms with Crippen LogP contribution >= 0.6 is 0 Å². The number of carboxylic acid groups (broad SMARTS) is 1. The Bertz CT molecular complexity index is 715. The van der Waals surface area contributed by atoms with E-state index in [4.69, 9.17) is 19.5 Å². The van der Waals surface area contributed by atoms with E-state index in [0.717, 1.165) is 25.5 Å². The summed E-state index contributed by atoms with van der Waals surface area (Å²) in [5.74, 6) is -1.43. The fourth-order valence-corrected chi connectivity index (χ4v) is 3.68. The van der Waals surface area contributed by atoms with Gasteiger partial charge in [0.15, 0.2) is 0 Å². The van der Waals surface area contributed by atoms with Crippen LogP contribution in [0.3, 0.4) is 0 Å². The Balaban J connectivity index is 0.000000298. The molecule has 0 aliphatic carbocycles. The van der Waals surface area contributed by atoms with Crippen LogP contribution in [-0.4, -0.2) is 77.6 Å². The Hall–Kier alpha value is -2.47. The van der Waals surface area contributed by atoms with Crippen LogP contribution in [0.2, 0.25) is 0 Å². The third kappa shape index (κ3) is 5.12. The zero-order chi connectivity index (χ0) is 21.0. The van der Waals surface area contributed by atoms with Gasteiger partial charge in [-0.05, 0) is 18.4 Å². The number of aromatic nitrogens is 2. The van der Waals surface area contributed by atoms with Crippen LogP contribution in [0, 0.1) is 17.8 Å². The van der Waals surface area contributed by atoms with Gasteiger partial charge >= 0.3 is 12.1 Å². The van der Waals surface area contributed by atoms with E-state index < -0.39 is 12.1 Å². The molecule has 3 aliphatic heterocycles. The van der Waals surface area contributed by atoms with Gasteiger partial charge in [0.1, 0.15) is 0 Å². The molecule has 3 aliphatic rings. The molecule has 3 fully saturated rings. The monoisotopic (exact) mass is 418 g/mol. The second kappa shape index (κ2) is 8.91. The van der Waals surface area contributed by atoms with E-state index in [1.807, 2.05) is 6.07 Å². The molecule has 1 N–H and O–H groups in total. The third-order valence-electron chi connectivity index (χ3n) is 5.03. The molecule has 9 nitrogen and oxygen atoms in total. The van der Waals surface area contributed by atoms with Gasteiger partial charge in [-0.3, -0.25) is 9.63 Å². The highest BCUT2D eigenvalue weighted by Gasteiger charge is 2.46. The zero-order valence-corrected chi connectivity index (χ0v) is 15.4. The lowest BCUT2D eigenvalue weighted by atomic mass is 9.82. The molecule has 12 heteroatoms. The van der Waals surface area contributed by atoms with E-state index in [1.165, 1.54) is 5.06 Å². The molecule has 0 bridgehead atoms. The first kappa shape index (κ1) is 21.2. The number of rotatable bonds is 2. The summed E-state index contributed by atoms with van der Waals surface area (Å²) >= 11 is 0. The fraction of sp³-hybridized carbons (Fsp3) is 0.647. The van der Waals surface area contributed by atoms with Gasteiger partial charge in [-0.2, -0.15) is 13.2 Å². The van der Waals surface area contributed by atoms with Gasteiger partial charge in [0.25, 0.3) is 5.91 Å². The molecule has 0 radical (unpaired) electrons. The molecule has 1 aromatic heterocycles. The SMILES string of the molecule is O=C(O)C(F)(F)F.O=C([C@@H]1COC[C@H]2CN(c3ncccn3)C[C@H]21)N1CCCO1. The molecule has 0 unspecified atom stereocenters. The highest BCUT2D eigenvalue weighted by atomic mass is 19.4. The van der Waals surface area contributed by atoms with E-state index in [0.29, 0.717) is 32.3 Å². The summed E-state index contributed by atoms with van der Waals surface area (Å²) in [7, 11) is 0. The minimum absolute atomic E-state index is 0.0723. The number of hydrogen-bond acceptors (Lipinski definition) is 7. The zero-order valence-electron chi connectivity index (χ0n) is 15.4. The van der Waals surface area contributed by atoms with Gasteiger partial charge in [-0.25, -0.2) is 19.8 Å². The van der Waals surface area contributed by atoms with Crippen LogP contribution < -0.4 is 4.90 Å². The summed E-state index contributed by atoms with van der Waals surface area (Å²) in [5, 5.41) is 8.65. The number of amides is 1. The van der Waals surface area contributed by atoms with Gasteiger partial charge in [0.2, 0.25) is 5.95 Å². The summed E-state index contributed by atoms with van der Waals surface area (Å²) in [6, 6.07) is 1.81. The van der Waals surface area contributed by atoms with Crippen molar-refractivity contribution in [3.8, 4) is 0 Å². The predicted molar refractivity (Wildman–Crippen MR) is 91.5 cm³/mol. The number of nitrogens with zero attached hydrogens (tertiary/aromatic N) is 4. The highest BCUT2D eigenvalue weighted by molar-refractivity contribution is 5.79. The van der Waals surface area contributed by atoms with Crippen molar-refractivity contribution in [3.63, 3.8) is 0 Å². The maximum atomic E-state index is 12.7. The van der Waals surface area contributed by atoms with Crippen molar-refractivity contribution in [2.75, 3.05) is 44.4 Å². The number of fused-ring (bicyclic) bond motifs is 1. The summed E-state index contributed by atoms with van der Waals surface area (Å²) in [5.41, 5.74) is 0. The summed E-state index contributed by atoms with van der Waals surface area (Å²) in [6.45, 7) is 4.18. The van der Waals surface area contributed by atoms with Crippen molar-refractivity contribution in [1.82, 2.24) is 15.0 Å². The number of alkyl halides is 3.